The highest BCUT2D eigenvalue weighted by molar-refractivity contribution is 5.89. The van der Waals surface area contributed by atoms with Crippen molar-refractivity contribution in [1.82, 2.24) is 14.5 Å². The molecule has 0 bridgehead atoms. The fourth-order valence-electron chi connectivity index (χ4n) is 1.59. The topological polar surface area (TPSA) is 56.7 Å². The lowest BCUT2D eigenvalue weighted by Gasteiger charge is -1.96. The molecule has 2 rings (SSSR count). The maximum atomic E-state index is 5.78. The number of nitrogen functional groups attached to an aromatic ring is 1. The summed E-state index contributed by atoms with van der Waals surface area (Å²) >= 11 is 0. The van der Waals surface area contributed by atoms with E-state index in [0.717, 1.165) is 17.5 Å². The Morgan fingerprint density at radius 3 is 2.92 bits per heavy atom. The summed E-state index contributed by atoms with van der Waals surface area (Å²) in [6.07, 6.45) is 4.50. The minimum atomic E-state index is 0.572. The van der Waals surface area contributed by atoms with Crippen LogP contribution in [0.4, 0.5) is 5.82 Å². The average molecular weight is 176 g/mol. The monoisotopic (exact) mass is 176 g/mol. The second-order valence-corrected chi connectivity index (χ2v) is 3.08. The molecule has 0 radical (unpaired) electrons. The van der Waals surface area contributed by atoms with Crippen LogP contribution in [-0.4, -0.2) is 14.5 Å². The quantitative estimate of drug-likeness (QED) is 0.708. The van der Waals surface area contributed by atoms with Crippen molar-refractivity contribution in [3.8, 4) is 0 Å². The third-order valence-corrected chi connectivity index (χ3v) is 2.24. The van der Waals surface area contributed by atoms with Gasteiger partial charge in [-0.05, 0) is 12.0 Å². The number of rotatable bonds is 1. The summed E-state index contributed by atoms with van der Waals surface area (Å²) in [6, 6.07) is 0. The molecule has 4 heteroatoms. The Bertz CT molecular complexity index is 444. The van der Waals surface area contributed by atoms with Gasteiger partial charge in [0.05, 0.1) is 5.39 Å². The Labute approximate surface area is 76.4 Å². The van der Waals surface area contributed by atoms with Gasteiger partial charge in [-0.3, -0.25) is 0 Å². The summed E-state index contributed by atoms with van der Waals surface area (Å²) in [6.45, 7) is 2.10. The van der Waals surface area contributed by atoms with E-state index < -0.39 is 0 Å². The molecular formula is C9H12N4. The van der Waals surface area contributed by atoms with Crippen LogP contribution in [0.1, 0.15) is 12.5 Å². The van der Waals surface area contributed by atoms with Crippen molar-refractivity contribution in [2.75, 3.05) is 5.73 Å². The third-order valence-electron chi connectivity index (χ3n) is 2.24. The van der Waals surface area contributed by atoms with Gasteiger partial charge >= 0.3 is 0 Å². The predicted molar refractivity (Wildman–Crippen MR) is 52.3 cm³/mol. The van der Waals surface area contributed by atoms with Crippen LogP contribution in [-0.2, 0) is 13.5 Å². The molecule has 2 N–H and O–H groups in total. The standard InChI is InChI=1S/C9H12N4/c1-3-6-4-13(2)9-7(6)8(10)11-5-12-9/h4-5H,3H2,1-2H3,(H2,10,11,12). The van der Waals surface area contributed by atoms with Crippen molar-refractivity contribution in [2.45, 2.75) is 13.3 Å². The molecule has 0 fully saturated rings. The summed E-state index contributed by atoms with van der Waals surface area (Å²) in [5.74, 6) is 0.572. The molecule has 0 saturated carbocycles. The van der Waals surface area contributed by atoms with Gasteiger partial charge in [-0.25, -0.2) is 9.97 Å². The number of fused-ring (bicyclic) bond motifs is 1. The molecule has 13 heavy (non-hydrogen) atoms. The fourth-order valence-corrected chi connectivity index (χ4v) is 1.59. The van der Waals surface area contributed by atoms with Crippen molar-refractivity contribution in [2.24, 2.45) is 7.05 Å². The number of hydrogen-bond acceptors (Lipinski definition) is 3. The second-order valence-electron chi connectivity index (χ2n) is 3.08. The minimum Gasteiger partial charge on any atom is -0.383 e. The van der Waals surface area contributed by atoms with Crippen LogP contribution in [0.5, 0.6) is 0 Å². The molecule has 0 amide bonds. The van der Waals surface area contributed by atoms with Gasteiger partial charge in [0.1, 0.15) is 17.8 Å². The van der Waals surface area contributed by atoms with E-state index in [4.69, 9.17) is 5.73 Å². The summed E-state index contributed by atoms with van der Waals surface area (Å²) in [5, 5.41) is 0.993. The summed E-state index contributed by atoms with van der Waals surface area (Å²) < 4.78 is 1.98. The van der Waals surface area contributed by atoms with Crippen LogP contribution in [0.2, 0.25) is 0 Å². The largest absolute Gasteiger partial charge is 0.383 e. The van der Waals surface area contributed by atoms with Crippen LogP contribution >= 0.6 is 0 Å². The van der Waals surface area contributed by atoms with Crippen molar-refractivity contribution < 1.29 is 0 Å². The summed E-state index contributed by atoms with van der Waals surface area (Å²) in [5.41, 5.74) is 7.89. The van der Waals surface area contributed by atoms with Gasteiger partial charge < -0.3 is 10.3 Å². The zero-order valence-electron chi connectivity index (χ0n) is 7.78. The highest BCUT2D eigenvalue weighted by atomic mass is 15.0. The first-order valence-electron chi connectivity index (χ1n) is 4.28. The lowest BCUT2D eigenvalue weighted by Crippen LogP contribution is -1.94. The van der Waals surface area contributed by atoms with Crippen LogP contribution in [0.15, 0.2) is 12.5 Å². The van der Waals surface area contributed by atoms with Gasteiger partial charge in [0.2, 0.25) is 0 Å². The molecule has 2 aromatic heterocycles. The molecule has 0 unspecified atom stereocenters. The molecule has 0 atom stereocenters. The molecular weight excluding hydrogens is 164 g/mol. The summed E-state index contributed by atoms with van der Waals surface area (Å²) in [7, 11) is 1.97. The number of hydrogen-bond donors (Lipinski definition) is 1. The zero-order chi connectivity index (χ0) is 9.42. The molecule has 0 aliphatic carbocycles. The number of aryl methyl sites for hydroxylation is 2. The predicted octanol–water partition coefficient (Wildman–Crippen LogP) is 1.11. The first-order valence-corrected chi connectivity index (χ1v) is 4.28. The molecule has 0 saturated heterocycles. The SMILES string of the molecule is CCc1cn(C)c2ncnc(N)c12. The van der Waals surface area contributed by atoms with Crippen molar-refractivity contribution in [1.29, 1.82) is 0 Å². The highest BCUT2D eigenvalue weighted by Crippen LogP contribution is 2.22. The number of anilines is 1. The minimum absolute atomic E-state index is 0.572. The summed E-state index contributed by atoms with van der Waals surface area (Å²) in [4.78, 5) is 8.16. The van der Waals surface area contributed by atoms with Gasteiger partial charge in [0.25, 0.3) is 0 Å². The van der Waals surface area contributed by atoms with Crippen molar-refractivity contribution in [3.05, 3.63) is 18.1 Å². The number of nitrogens with zero attached hydrogens (tertiary/aromatic N) is 3. The molecule has 68 valence electrons. The number of aromatic nitrogens is 3. The second kappa shape index (κ2) is 2.73. The van der Waals surface area contributed by atoms with E-state index in [0.29, 0.717) is 5.82 Å². The van der Waals surface area contributed by atoms with Crippen molar-refractivity contribution >= 4 is 16.9 Å². The Kier molecular flexibility index (Phi) is 1.69. The molecule has 2 aromatic rings. The fraction of sp³-hybridized carbons (Fsp3) is 0.333. The van der Waals surface area contributed by atoms with E-state index in [1.54, 1.807) is 0 Å². The van der Waals surface area contributed by atoms with Gasteiger partial charge in [0.15, 0.2) is 0 Å². The van der Waals surface area contributed by atoms with Gasteiger partial charge in [-0.1, -0.05) is 6.92 Å². The maximum absolute atomic E-state index is 5.78. The normalized spacial score (nSPS) is 10.9. The van der Waals surface area contributed by atoms with Crippen LogP contribution in [0.25, 0.3) is 11.0 Å². The van der Waals surface area contributed by atoms with Crippen LogP contribution < -0.4 is 5.73 Å². The lowest BCUT2D eigenvalue weighted by atomic mass is 10.2. The Hall–Kier alpha value is -1.58. The van der Waals surface area contributed by atoms with E-state index in [9.17, 15) is 0 Å². The molecule has 0 aromatic carbocycles. The Balaban J connectivity index is 2.89. The van der Waals surface area contributed by atoms with E-state index >= 15 is 0 Å². The Morgan fingerprint density at radius 1 is 1.46 bits per heavy atom. The zero-order valence-corrected chi connectivity index (χ0v) is 7.78. The molecule has 0 aliphatic heterocycles. The van der Waals surface area contributed by atoms with E-state index in [1.165, 1.54) is 11.9 Å². The Morgan fingerprint density at radius 2 is 2.23 bits per heavy atom. The molecule has 4 nitrogen and oxygen atoms in total. The molecule has 0 aliphatic rings. The van der Waals surface area contributed by atoms with Crippen LogP contribution in [0.3, 0.4) is 0 Å². The third kappa shape index (κ3) is 1.06. The van der Waals surface area contributed by atoms with E-state index in [2.05, 4.69) is 23.1 Å². The van der Waals surface area contributed by atoms with Crippen molar-refractivity contribution in [3.63, 3.8) is 0 Å². The number of nitrogens with two attached hydrogens (primary N) is 1. The first kappa shape index (κ1) is 8.04. The van der Waals surface area contributed by atoms with E-state index in [1.807, 2.05) is 11.6 Å². The van der Waals surface area contributed by atoms with Gasteiger partial charge in [-0.15, -0.1) is 0 Å². The van der Waals surface area contributed by atoms with Gasteiger partial charge in [0, 0.05) is 13.2 Å². The highest BCUT2D eigenvalue weighted by Gasteiger charge is 2.09. The smallest absolute Gasteiger partial charge is 0.145 e. The lowest BCUT2D eigenvalue weighted by molar-refractivity contribution is 0.934. The first-order chi connectivity index (χ1) is 6.24. The van der Waals surface area contributed by atoms with E-state index in [-0.39, 0.29) is 0 Å². The molecule has 2 heterocycles. The van der Waals surface area contributed by atoms with Gasteiger partial charge in [-0.2, -0.15) is 0 Å². The van der Waals surface area contributed by atoms with Crippen LogP contribution in [0, 0.1) is 0 Å². The average Bonchev–Trinajstić information content (AvgIpc) is 2.45. The molecule has 0 spiro atoms. The maximum Gasteiger partial charge on any atom is 0.145 e.